The quantitative estimate of drug-likeness (QED) is 0.466. The van der Waals surface area contributed by atoms with Crippen LogP contribution >= 0.6 is 11.3 Å². The molecule has 3 rings (SSSR count). The van der Waals surface area contributed by atoms with Crippen molar-refractivity contribution in [1.29, 1.82) is 0 Å². The summed E-state index contributed by atoms with van der Waals surface area (Å²) in [6.07, 6.45) is 0.110. The number of ether oxygens (including phenoxy) is 2. The van der Waals surface area contributed by atoms with E-state index in [0.717, 1.165) is 11.1 Å². The lowest BCUT2D eigenvalue weighted by atomic mass is 10.1. The van der Waals surface area contributed by atoms with Crippen molar-refractivity contribution in [2.45, 2.75) is 19.9 Å². The molecule has 0 fully saturated rings. The molecule has 9 heteroatoms. The van der Waals surface area contributed by atoms with Crippen LogP contribution in [0.3, 0.4) is 0 Å². The number of thiazole rings is 1. The average molecular weight is 401 g/mol. The lowest BCUT2D eigenvalue weighted by Gasteiger charge is -2.08. The Labute approximate surface area is 164 Å². The second kappa shape index (κ2) is 8.22. The van der Waals surface area contributed by atoms with Crippen LogP contribution in [0.4, 0.5) is 5.69 Å². The van der Waals surface area contributed by atoms with Crippen LogP contribution in [0.1, 0.15) is 12.5 Å². The highest BCUT2D eigenvalue weighted by Crippen LogP contribution is 2.28. The SMILES string of the molecule is CCn1c(=NC(=O)Cc2ccc(OC)c(OC)c2)sc2cc([N+](=O)[O-])ccc21. The van der Waals surface area contributed by atoms with E-state index in [0.29, 0.717) is 27.5 Å². The van der Waals surface area contributed by atoms with Crippen LogP contribution in [0.15, 0.2) is 41.4 Å². The maximum Gasteiger partial charge on any atom is 0.270 e. The number of fused-ring (bicyclic) bond motifs is 1. The number of aromatic nitrogens is 1. The van der Waals surface area contributed by atoms with E-state index in [2.05, 4.69) is 4.99 Å². The van der Waals surface area contributed by atoms with Gasteiger partial charge in [-0.15, -0.1) is 0 Å². The third-order valence-corrected chi connectivity index (χ3v) is 5.26. The van der Waals surface area contributed by atoms with Gasteiger partial charge in [0, 0.05) is 18.7 Å². The van der Waals surface area contributed by atoms with Crippen LogP contribution in [0, 0.1) is 10.1 Å². The predicted molar refractivity (Wildman–Crippen MR) is 106 cm³/mol. The average Bonchev–Trinajstić information content (AvgIpc) is 3.03. The molecule has 0 bridgehead atoms. The van der Waals surface area contributed by atoms with Gasteiger partial charge in [-0.1, -0.05) is 17.4 Å². The van der Waals surface area contributed by atoms with Crippen LogP contribution in [0.5, 0.6) is 11.5 Å². The number of hydrogen-bond donors (Lipinski definition) is 0. The minimum absolute atomic E-state index is 0.0141. The number of nitro benzene ring substituents is 1. The van der Waals surface area contributed by atoms with Gasteiger partial charge in [-0.3, -0.25) is 14.9 Å². The highest BCUT2D eigenvalue weighted by Gasteiger charge is 2.13. The molecule has 0 unspecified atom stereocenters. The summed E-state index contributed by atoms with van der Waals surface area (Å²) in [6, 6.07) is 9.92. The first-order valence-corrected chi connectivity index (χ1v) is 9.34. The first kappa shape index (κ1) is 19.6. The molecule has 0 radical (unpaired) electrons. The molecule has 1 heterocycles. The van der Waals surface area contributed by atoms with Gasteiger partial charge in [-0.2, -0.15) is 4.99 Å². The molecular weight excluding hydrogens is 382 g/mol. The third kappa shape index (κ3) is 3.89. The van der Waals surface area contributed by atoms with Crippen LogP contribution in [-0.4, -0.2) is 29.6 Å². The number of methoxy groups -OCH3 is 2. The van der Waals surface area contributed by atoms with Crippen molar-refractivity contribution in [2.24, 2.45) is 4.99 Å². The fourth-order valence-electron chi connectivity index (χ4n) is 2.88. The largest absolute Gasteiger partial charge is 0.493 e. The highest BCUT2D eigenvalue weighted by atomic mass is 32.1. The van der Waals surface area contributed by atoms with Gasteiger partial charge in [-0.25, -0.2) is 0 Å². The maximum atomic E-state index is 12.5. The van der Waals surface area contributed by atoms with Gasteiger partial charge < -0.3 is 14.0 Å². The molecule has 1 amide bonds. The van der Waals surface area contributed by atoms with E-state index < -0.39 is 4.92 Å². The van der Waals surface area contributed by atoms with Crippen LogP contribution in [-0.2, 0) is 17.8 Å². The lowest BCUT2D eigenvalue weighted by Crippen LogP contribution is -2.16. The van der Waals surface area contributed by atoms with E-state index >= 15 is 0 Å². The molecule has 1 aromatic heterocycles. The molecule has 0 aliphatic carbocycles. The highest BCUT2D eigenvalue weighted by molar-refractivity contribution is 7.16. The van der Waals surface area contributed by atoms with E-state index in [1.54, 1.807) is 31.4 Å². The third-order valence-electron chi connectivity index (χ3n) is 4.22. The normalized spacial score (nSPS) is 11.6. The minimum atomic E-state index is -0.436. The van der Waals surface area contributed by atoms with Crippen molar-refractivity contribution < 1.29 is 19.2 Å². The molecular formula is C19H19N3O5S. The predicted octanol–water partition coefficient (Wildman–Crippen LogP) is 3.32. The molecule has 0 aliphatic heterocycles. The van der Waals surface area contributed by atoms with E-state index in [1.807, 2.05) is 11.5 Å². The number of nitro groups is 1. The van der Waals surface area contributed by atoms with E-state index in [1.165, 1.54) is 30.6 Å². The standard InChI is InChI=1S/C19H19N3O5S/c1-4-21-14-7-6-13(22(24)25)11-17(14)28-19(21)20-18(23)10-12-5-8-15(26-2)16(9-12)27-3/h5-9,11H,4,10H2,1-3H3. The second-order valence-electron chi connectivity index (χ2n) is 5.91. The lowest BCUT2D eigenvalue weighted by molar-refractivity contribution is -0.384. The van der Waals surface area contributed by atoms with E-state index in [-0.39, 0.29) is 18.0 Å². The van der Waals surface area contributed by atoms with Crippen molar-refractivity contribution >= 4 is 33.1 Å². The van der Waals surface area contributed by atoms with Crippen LogP contribution < -0.4 is 14.3 Å². The van der Waals surface area contributed by atoms with Gasteiger partial charge in [0.25, 0.3) is 11.6 Å². The van der Waals surface area contributed by atoms with Crippen molar-refractivity contribution in [3.63, 3.8) is 0 Å². The Morgan fingerprint density at radius 3 is 2.57 bits per heavy atom. The number of rotatable bonds is 6. The fraction of sp³-hybridized carbons (Fsp3) is 0.263. The number of benzene rings is 2. The summed E-state index contributed by atoms with van der Waals surface area (Å²) in [5.74, 6) is 0.826. The summed E-state index contributed by atoms with van der Waals surface area (Å²) in [6.45, 7) is 2.53. The Hall–Kier alpha value is -3.20. The number of aryl methyl sites for hydroxylation is 1. The van der Waals surface area contributed by atoms with Crippen molar-refractivity contribution in [1.82, 2.24) is 4.57 Å². The fourth-order valence-corrected chi connectivity index (χ4v) is 4.02. The zero-order chi connectivity index (χ0) is 20.3. The Morgan fingerprint density at radius 1 is 1.18 bits per heavy atom. The molecule has 0 spiro atoms. The molecule has 0 N–H and O–H groups in total. The summed E-state index contributed by atoms with van der Waals surface area (Å²) in [5, 5.41) is 11.0. The molecule has 146 valence electrons. The first-order chi connectivity index (χ1) is 13.5. The molecule has 0 atom stereocenters. The Balaban J connectivity index is 1.95. The molecule has 8 nitrogen and oxygen atoms in total. The topological polar surface area (TPSA) is 96.0 Å². The summed E-state index contributed by atoms with van der Waals surface area (Å²) < 4.78 is 13.0. The van der Waals surface area contributed by atoms with E-state index in [9.17, 15) is 14.9 Å². The van der Waals surface area contributed by atoms with Crippen LogP contribution in [0.2, 0.25) is 0 Å². The Morgan fingerprint density at radius 2 is 1.93 bits per heavy atom. The van der Waals surface area contributed by atoms with Crippen molar-refractivity contribution in [3.8, 4) is 11.5 Å². The number of hydrogen-bond acceptors (Lipinski definition) is 6. The molecule has 2 aromatic carbocycles. The Kier molecular flexibility index (Phi) is 5.74. The van der Waals surface area contributed by atoms with Gasteiger partial charge in [-0.05, 0) is 30.7 Å². The number of nitrogens with zero attached hydrogens (tertiary/aromatic N) is 3. The zero-order valence-electron chi connectivity index (χ0n) is 15.7. The van der Waals surface area contributed by atoms with Crippen LogP contribution in [0.25, 0.3) is 10.2 Å². The summed E-state index contributed by atoms with van der Waals surface area (Å²) in [7, 11) is 3.09. The van der Waals surface area contributed by atoms with E-state index in [4.69, 9.17) is 9.47 Å². The number of carbonyl (C=O) groups is 1. The van der Waals surface area contributed by atoms with Crippen molar-refractivity contribution in [3.05, 3.63) is 56.9 Å². The molecule has 28 heavy (non-hydrogen) atoms. The van der Waals surface area contributed by atoms with Gasteiger partial charge in [0.2, 0.25) is 0 Å². The Bertz CT molecular complexity index is 1120. The molecule has 3 aromatic rings. The summed E-state index contributed by atoms with van der Waals surface area (Å²) in [5.41, 5.74) is 1.59. The monoisotopic (exact) mass is 401 g/mol. The summed E-state index contributed by atoms with van der Waals surface area (Å²) >= 11 is 1.26. The van der Waals surface area contributed by atoms with Gasteiger partial charge in [0.1, 0.15) is 0 Å². The smallest absolute Gasteiger partial charge is 0.270 e. The van der Waals surface area contributed by atoms with Crippen molar-refractivity contribution in [2.75, 3.05) is 14.2 Å². The number of non-ortho nitro benzene ring substituents is 1. The molecule has 0 saturated carbocycles. The molecule has 0 saturated heterocycles. The summed E-state index contributed by atoms with van der Waals surface area (Å²) in [4.78, 5) is 27.8. The first-order valence-electron chi connectivity index (χ1n) is 8.53. The van der Waals surface area contributed by atoms with Gasteiger partial charge >= 0.3 is 0 Å². The maximum absolute atomic E-state index is 12.5. The van der Waals surface area contributed by atoms with Gasteiger partial charge in [0.15, 0.2) is 16.3 Å². The van der Waals surface area contributed by atoms with Gasteiger partial charge in [0.05, 0.1) is 35.8 Å². The number of carbonyl (C=O) groups excluding carboxylic acids is 1. The minimum Gasteiger partial charge on any atom is -0.493 e. The molecule has 0 aliphatic rings. The second-order valence-corrected chi connectivity index (χ2v) is 6.92. The number of amides is 1. The zero-order valence-corrected chi connectivity index (χ0v) is 16.5.